The molecule has 0 aliphatic carbocycles. The van der Waals surface area contributed by atoms with Crippen LogP contribution in [0.15, 0.2) is 30.9 Å². The van der Waals surface area contributed by atoms with Crippen LogP contribution in [0, 0.1) is 0 Å². The number of nitrogens with two attached hydrogens (primary N) is 1. The van der Waals surface area contributed by atoms with Gasteiger partial charge in [0.05, 0.1) is 10.0 Å². The first kappa shape index (κ1) is 10.6. The second-order valence-electron chi connectivity index (χ2n) is 2.80. The molecule has 3 heteroatoms. The highest BCUT2D eigenvalue weighted by molar-refractivity contribution is 6.42. The van der Waals surface area contributed by atoms with Crippen molar-refractivity contribution in [1.29, 1.82) is 0 Å². The van der Waals surface area contributed by atoms with Gasteiger partial charge in [-0.05, 0) is 24.1 Å². The molecule has 0 bridgehead atoms. The summed E-state index contributed by atoms with van der Waals surface area (Å²) < 4.78 is 0. The van der Waals surface area contributed by atoms with Crippen LogP contribution < -0.4 is 5.73 Å². The SMILES string of the molecule is C=CCC(N)c1ccc(Cl)c(Cl)c1. The first-order valence-corrected chi connectivity index (χ1v) is 4.72. The van der Waals surface area contributed by atoms with Gasteiger partial charge in [0, 0.05) is 6.04 Å². The van der Waals surface area contributed by atoms with Crippen LogP contribution in [0.3, 0.4) is 0 Å². The van der Waals surface area contributed by atoms with Crippen molar-refractivity contribution in [2.75, 3.05) is 0 Å². The number of rotatable bonds is 3. The van der Waals surface area contributed by atoms with E-state index in [4.69, 9.17) is 28.9 Å². The highest BCUT2D eigenvalue weighted by Gasteiger charge is 2.05. The number of benzene rings is 1. The topological polar surface area (TPSA) is 26.0 Å². The molecule has 0 fully saturated rings. The van der Waals surface area contributed by atoms with Crippen molar-refractivity contribution >= 4 is 23.2 Å². The summed E-state index contributed by atoms with van der Waals surface area (Å²) in [7, 11) is 0. The molecule has 1 rings (SSSR count). The molecule has 0 saturated heterocycles. The Balaban J connectivity index is 2.89. The van der Waals surface area contributed by atoms with Crippen LogP contribution >= 0.6 is 23.2 Å². The van der Waals surface area contributed by atoms with Gasteiger partial charge in [0.25, 0.3) is 0 Å². The van der Waals surface area contributed by atoms with Crippen LogP contribution in [-0.4, -0.2) is 0 Å². The summed E-state index contributed by atoms with van der Waals surface area (Å²) in [5.41, 5.74) is 6.83. The van der Waals surface area contributed by atoms with Crippen molar-refractivity contribution in [3.8, 4) is 0 Å². The van der Waals surface area contributed by atoms with Crippen molar-refractivity contribution in [2.24, 2.45) is 5.73 Å². The molecular weight excluding hydrogens is 205 g/mol. The third kappa shape index (κ3) is 2.73. The van der Waals surface area contributed by atoms with E-state index >= 15 is 0 Å². The molecule has 0 spiro atoms. The minimum atomic E-state index is -0.0488. The van der Waals surface area contributed by atoms with E-state index in [1.807, 2.05) is 6.07 Å². The minimum absolute atomic E-state index is 0.0488. The highest BCUT2D eigenvalue weighted by atomic mass is 35.5. The molecule has 1 unspecified atom stereocenters. The van der Waals surface area contributed by atoms with E-state index < -0.39 is 0 Å². The lowest BCUT2D eigenvalue weighted by atomic mass is 10.1. The van der Waals surface area contributed by atoms with Crippen LogP contribution in [0.1, 0.15) is 18.0 Å². The van der Waals surface area contributed by atoms with E-state index in [0.717, 1.165) is 12.0 Å². The van der Waals surface area contributed by atoms with Crippen molar-refractivity contribution in [3.05, 3.63) is 46.5 Å². The van der Waals surface area contributed by atoms with Crippen molar-refractivity contribution < 1.29 is 0 Å². The smallest absolute Gasteiger partial charge is 0.0595 e. The maximum absolute atomic E-state index is 5.85. The van der Waals surface area contributed by atoms with Gasteiger partial charge in [-0.1, -0.05) is 35.3 Å². The summed E-state index contributed by atoms with van der Waals surface area (Å²) in [6.07, 6.45) is 2.52. The predicted octanol–water partition coefficient (Wildman–Crippen LogP) is 3.57. The second-order valence-corrected chi connectivity index (χ2v) is 3.62. The lowest BCUT2D eigenvalue weighted by molar-refractivity contribution is 0.742. The standard InChI is InChI=1S/C10H11Cl2N/c1-2-3-10(13)7-4-5-8(11)9(12)6-7/h2,4-6,10H,1,3,13H2. The Bertz CT molecular complexity index is 310. The van der Waals surface area contributed by atoms with Crippen LogP contribution in [0.5, 0.6) is 0 Å². The van der Waals surface area contributed by atoms with Gasteiger partial charge in [0.2, 0.25) is 0 Å². The summed E-state index contributed by atoms with van der Waals surface area (Å²) in [5, 5.41) is 1.09. The maximum atomic E-state index is 5.85. The molecule has 0 saturated carbocycles. The fourth-order valence-electron chi connectivity index (χ4n) is 1.06. The van der Waals surface area contributed by atoms with Crippen molar-refractivity contribution in [2.45, 2.75) is 12.5 Å². The van der Waals surface area contributed by atoms with Crippen molar-refractivity contribution in [3.63, 3.8) is 0 Å². The predicted molar refractivity (Wildman–Crippen MR) is 58.2 cm³/mol. The summed E-state index contributed by atoms with van der Waals surface area (Å²) in [4.78, 5) is 0. The monoisotopic (exact) mass is 215 g/mol. The van der Waals surface area contributed by atoms with E-state index in [0.29, 0.717) is 10.0 Å². The molecule has 13 heavy (non-hydrogen) atoms. The Morgan fingerprint density at radius 1 is 1.38 bits per heavy atom. The molecule has 1 aromatic rings. The molecule has 1 aromatic carbocycles. The Hall–Kier alpha value is -0.500. The van der Waals surface area contributed by atoms with E-state index in [2.05, 4.69) is 6.58 Å². The lowest BCUT2D eigenvalue weighted by Gasteiger charge is -2.09. The molecular formula is C10H11Cl2N. The number of halogens is 2. The summed E-state index contributed by atoms with van der Waals surface area (Å²) >= 11 is 11.6. The first-order valence-electron chi connectivity index (χ1n) is 3.96. The second kappa shape index (κ2) is 4.66. The molecule has 0 heterocycles. The van der Waals surface area contributed by atoms with E-state index in [1.165, 1.54) is 0 Å². The zero-order chi connectivity index (χ0) is 9.84. The van der Waals surface area contributed by atoms with Crippen LogP contribution in [0.25, 0.3) is 0 Å². The van der Waals surface area contributed by atoms with E-state index in [-0.39, 0.29) is 6.04 Å². The molecule has 0 amide bonds. The molecule has 0 aromatic heterocycles. The molecule has 1 nitrogen and oxygen atoms in total. The summed E-state index contributed by atoms with van der Waals surface area (Å²) in [6, 6.07) is 5.37. The van der Waals surface area contributed by atoms with Gasteiger partial charge >= 0.3 is 0 Å². The quantitative estimate of drug-likeness (QED) is 0.768. The zero-order valence-corrected chi connectivity index (χ0v) is 8.65. The van der Waals surface area contributed by atoms with E-state index in [9.17, 15) is 0 Å². The third-order valence-electron chi connectivity index (χ3n) is 1.79. The molecule has 0 radical (unpaired) electrons. The Labute approximate surface area is 88.1 Å². The molecule has 70 valence electrons. The van der Waals surface area contributed by atoms with Gasteiger partial charge in [-0.15, -0.1) is 6.58 Å². The lowest BCUT2D eigenvalue weighted by Crippen LogP contribution is -2.08. The molecule has 0 aliphatic heterocycles. The minimum Gasteiger partial charge on any atom is -0.324 e. The average Bonchev–Trinajstić information content (AvgIpc) is 2.10. The van der Waals surface area contributed by atoms with Gasteiger partial charge < -0.3 is 5.73 Å². The van der Waals surface area contributed by atoms with Gasteiger partial charge in [-0.25, -0.2) is 0 Å². The van der Waals surface area contributed by atoms with E-state index in [1.54, 1.807) is 18.2 Å². The normalized spacial score (nSPS) is 12.5. The Kier molecular flexibility index (Phi) is 3.79. The van der Waals surface area contributed by atoms with Gasteiger partial charge in [-0.2, -0.15) is 0 Å². The Morgan fingerprint density at radius 3 is 2.62 bits per heavy atom. The highest BCUT2D eigenvalue weighted by Crippen LogP contribution is 2.25. The molecule has 0 aliphatic rings. The van der Waals surface area contributed by atoms with Crippen molar-refractivity contribution in [1.82, 2.24) is 0 Å². The number of hydrogen-bond donors (Lipinski definition) is 1. The molecule has 1 atom stereocenters. The summed E-state index contributed by atoms with van der Waals surface area (Å²) in [5.74, 6) is 0. The van der Waals surface area contributed by atoms with Gasteiger partial charge in [0.15, 0.2) is 0 Å². The fraction of sp³-hybridized carbons (Fsp3) is 0.200. The third-order valence-corrected chi connectivity index (χ3v) is 2.53. The van der Waals surface area contributed by atoms with Gasteiger partial charge in [-0.3, -0.25) is 0 Å². The fourth-order valence-corrected chi connectivity index (χ4v) is 1.37. The maximum Gasteiger partial charge on any atom is 0.0595 e. The van der Waals surface area contributed by atoms with Crippen LogP contribution in [0.4, 0.5) is 0 Å². The average molecular weight is 216 g/mol. The first-order chi connectivity index (χ1) is 6.15. The summed E-state index contributed by atoms with van der Waals surface area (Å²) in [6.45, 7) is 3.63. The molecule has 2 N–H and O–H groups in total. The van der Waals surface area contributed by atoms with Crippen LogP contribution in [0.2, 0.25) is 10.0 Å². The Morgan fingerprint density at radius 2 is 2.08 bits per heavy atom. The zero-order valence-electron chi connectivity index (χ0n) is 7.13. The van der Waals surface area contributed by atoms with Crippen LogP contribution in [-0.2, 0) is 0 Å². The number of hydrogen-bond acceptors (Lipinski definition) is 1. The van der Waals surface area contributed by atoms with Gasteiger partial charge in [0.1, 0.15) is 0 Å². The largest absolute Gasteiger partial charge is 0.324 e.